The van der Waals surface area contributed by atoms with E-state index in [0.717, 1.165) is 90.2 Å². The third kappa shape index (κ3) is 9.51. The lowest BCUT2D eigenvalue weighted by Gasteiger charge is -2.32. The number of fused-ring (bicyclic) bond motifs is 1. The Labute approximate surface area is 305 Å². The van der Waals surface area contributed by atoms with Crippen LogP contribution in [0.3, 0.4) is 0 Å². The van der Waals surface area contributed by atoms with Crippen LogP contribution in [0.15, 0.2) is 48.7 Å². The summed E-state index contributed by atoms with van der Waals surface area (Å²) in [5, 5.41) is 15.0. The van der Waals surface area contributed by atoms with Crippen LogP contribution in [0.2, 0.25) is 0 Å². The highest BCUT2D eigenvalue weighted by Crippen LogP contribution is 2.31. The first-order valence-corrected chi connectivity index (χ1v) is 18.4. The number of amides is 2. The number of piperazine rings is 1. The van der Waals surface area contributed by atoms with Gasteiger partial charge in [-0.1, -0.05) is 31.2 Å². The van der Waals surface area contributed by atoms with E-state index in [-0.39, 0.29) is 50.0 Å². The molecule has 2 aliphatic heterocycles. The van der Waals surface area contributed by atoms with Gasteiger partial charge in [0, 0.05) is 88.4 Å². The van der Waals surface area contributed by atoms with E-state index < -0.39 is 0 Å². The third-order valence-electron chi connectivity index (χ3n) is 9.87. The monoisotopic (exact) mass is 714 g/mol. The molecule has 0 aliphatic carbocycles. The molecule has 0 spiro atoms. The molecule has 0 atom stereocenters. The van der Waals surface area contributed by atoms with E-state index in [4.69, 9.17) is 14.5 Å². The summed E-state index contributed by atoms with van der Waals surface area (Å²) in [6.07, 6.45) is 4.31. The first-order valence-electron chi connectivity index (χ1n) is 18.4. The number of carbonyl (C=O) groups excluding carboxylic acids is 2. The Balaban J connectivity index is 1.00. The summed E-state index contributed by atoms with van der Waals surface area (Å²) in [6.45, 7) is 11.0. The quantitative estimate of drug-likeness (QED) is 0.167. The van der Waals surface area contributed by atoms with Crippen molar-refractivity contribution < 1.29 is 23.5 Å². The van der Waals surface area contributed by atoms with E-state index >= 15 is 0 Å². The van der Waals surface area contributed by atoms with Gasteiger partial charge in [-0.3, -0.25) is 14.5 Å². The number of ether oxygens (including phenoxy) is 2. The van der Waals surface area contributed by atoms with Gasteiger partial charge in [-0.25, -0.2) is 14.1 Å². The molecule has 2 aromatic carbocycles. The molecule has 2 fully saturated rings. The third-order valence-corrected chi connectivity index (χ3v) is 9.87. The number of anilines is 1. The maximum absolute atomic E-state index is 15.0. The molecule has 0 saturated carbocycles. The van der Waals surface area contributed by atoms with Gasteiger partial charge in [0.2, 0.25) is 11.8 Å². The van der Waals surface area contributed by atoms with Crippen molar-refractivity contribution in [2.45, 2.75) is 65.3 Å². The lowest BCUT2D eigenvalue weighted by Crippen LogP contribution is -2.43. The Morgan fingerprint density at radius 2 is 1.71 bits per heavy atom. The first-order chi connectivity index (χ1) is 25.3. The Morgan fingerprint density at radius 1 is 0.962 bits per heavy atom. The molecule has 6 rings (SSSR count). The van der Waals surface area contributed by atoms with E-state index in [2.05, 4.69) is 44.0 Å². The Bertz CT molecular complexity index is 1830. The van der Waals surface area contributed by atoms with E-state index in [1.165, 1.54) is 6.07 Å². The smallest absolute Gasteiger partial charge is 0.246 e. The van der Waals surface area contributed by atoms with Crippen LogP contribution in [0, 0.1) is 5.82 Å². The van der Waals surface area contributed by atoms with Gasteiger partial charge in [-0.2, -0.15) is 5.10 Å². The average molecular weight is 715 g/mol. The molecule has 0 bridgehead atoms. The Hall–Kier alpha value is -4.43. The molecular weight excluding hydrogens is 663 g/mol. The maximum Gasteiger partial charge on any atom is 0.246 e. The van der Waals surface area contributed by atoms with Crippen molar-refractivity contribution >= 4 is 28.5 Å². The first kappa shape index (κ1) is 37.3. The SMILES string of the molecule is CCc1nc2c(cnn2CC)c(NC2CCOCC2)c1CNC(=O)COCC(=O)NCc1ccc(F)c(-c2cccc(CN3CCN(C)CC3)c2)c1. The summed E-state index contributed by atoms with van der Waals surface area (Å²) in [5.41, 5.74) is 6.77. The van der Waals surface area contributed by atoms with Crippen LogP contribution in [0.1, 0.15) is 49.1 Å². The largest absolute Gasteiger partial charge is 0.381 e. The highest BCUT2D eigenvalue weighted by Gasteiger charge is 2.22. The molecule has 4 aromatic rings. The fourth-order valence-corrected chi connectivity index (χ4v) is 6.83. The number of carbonyl (C=O) groups is 2. The van der Waals surface area contributed by atoms with Crippen molar-refractivity contribution in [3.05, 3.63) is 76.9 Å². The van der Waals surface area contributed by atoms with Gasteiger partial charge in [-0.15, -0.1) is 0 Å². The molecule has 0 unspecified atom stereocenters. The van der Waals surface area contributed by atoms with Crippen LogP contribution in [0.4, 0.5) is 10.1 Å². The molecule has 3 N–H and O–H groups in total. The van der Waals surface area contributed by atoms with Gasteiger partial charge in [0.25, 0.3) is 0 Å². The zero-order valence-corrected chi connectivity index (χ0v) is 30.5. The number of hydrogen-bond donors (Lipinski definition) is 3. The van der Waals surface area contributed by atoms with Crippen LogP contribution in [0.5, 0.6) is 0 Å². The summed E-state index contributed by atoms with van der Waals surface area (Å²) >= 11 is 0. The number of nitrogens with one attached hydrogen (secondary N) is 3. The lowest BCUT2D eigenvalue weighted by atomic mass is 10.00. The van der Waals surface area contributed by atoms with Crippen molar-refractivity contribution in [3.63, 3.8) is 0 Å². The fraction of sp³-hybridized carbons (Fsp3) is 0.487. The molecule has 2 aliphatic rings. The van der Waals surface area contributed by atoms with Gasteiger partial charge in [-0.05, 0) is 68.1 Å². The standard InChI is InChI=1S/C39H51FN8O4/c1-4-35-32(38(44-30-11-17-51-18-12-30)33-23-43-48(5-2)39(33)45-35)22-42-37(50)26-52-25-36(49)41-21-27-9-10-34(40)31(20-27)29-8-6-7-28(19-29)24-47-15-13-46(3)14-16-47/h6-10,19-20,23,30H,4-5,11-18,21-22,24-26H2,1-3H3,(H,41,49)(H,42,50)(H,44,45). The molecule has 13 heteroatoms. The van der Waals surface area contributed by atoms with Gasteiger partial charge in [0.05, 0.1) is 17.3 Å². The number of rotatable bonds is 15. The van der Waals surface area contributed by atoms with Crippen LogP contribution in [0.25, 0.3) is 22.2 Å². The number of halogens is 1. The number of pyridine rings is 1. The number of hydrogen-bond acceptors (Lipinski definition) is 9. The summed E-state index contributed by atoms with van der Waals surface area (Å²) in [5.74, 6) is -1.02. The fourth-order valence-electron chi connectivity index (χ4n) is 6.83. The second kappa shape index (κ2) is 17.9. The molecule has 4 heterocycles. The molecule has 2 amide bonds. The van der Waals surface area contributed by atoms with Crippen LogP contribution < -0.4 is 16.0 Å². The molecule has 12 nitrogen and oxygen atoms in total. The second-order valence-corrected chi connectivity index (χ2v) is 13.6. The normalized spacial score (nSPS) is 15.9. The van der Waals surface area contributed by atoms with Crippen LogP contribution in [-0.2, 0) is 51.7 Å². The topological polar surface area (TPSA) is 126 Å². The minimum absolute atomic E-state index is 0.204. The van der Waals surface area contributed by atoms with E-state index in [1.807, 2.05) is 42.9 Å². The van der Waals surface area contributed by atoms with Crippen molar-refractivity contribution in [1.29, 1.82) is 0 Å². The number of benzene rings is 2. The summed E-state index contributed by atoms with van der Waals surface area (Å²) < 4.78 is 27.9. The Kier molecular flexibility index (Phi) is 12.8. The van der Waals surface area contributed by atoms with Crippen LogP contribution >= 0.6 is 0 Å². The molecule has 52 heavy (non-hydrogen) atoms. The van der Waals surface area contributed by atoms with Crippen molar-refractivity contribution in [3.8, 4) is 11.1 Å². The zero-order chi connectivity index (χ0) is 36.5. The molecule has 2 aromatic heterocycles. The number of likely N-dealkylation sites (N-methyl/N-ethyl adjacent to an activating group) is 1. The summed E-state index contributed by atoms with van der Waals surface area (Å²) in [7, 11) is 2.14. The van der Waals surface area contributed by atoms with Crippen molar-refractivity contribution in [2.24, 2.45) is 0 Å². The molecule has 0 radical (unpaired) electrons. The lowest BCUT2D eigenvalue weighted by molar-refractivity contribution is -0.131. The zero-order valence-electron chi connectivity index (χ0n) is 30.5. The van der Waals surface area contributed by atoms with E-state index in [1.54, 1.807) is 12.1 Å². The number of aryl methyl sites for hydroxylation is 2. The highest BCUT2D eigenvalue weighted by molar-refractivity contribution is 5.92. The number of nitrogens with zero attached hydrogens (tertiary/aromatic N) is 5. The van der Waals surface area contributed by atoms with Crippen LogP contribution in [-0.4, -0.2) is 102 Å². The maximum atomic E-state index is 15.0. The highest BCUT2D eigenvalue weighted by atomic mass is 19.1. The van der Waals surface area contributed by atoms with Gasteiger partial charge in [0.15, 0.2) is 5.65 Å². The van der Waals surface area contributed by atoms with E-state index in [0.29, 0.717) is 31.7 Å². The molecular formula is C39H51FN8O4. The number of aromatic nitrogens is 3. The van der Waals surface area contributed by atoms with Gasteiger partial charge in [0.1, 0.15) is 19.0 Å². The molecule has 278 valence electrons. The predicted molar refractivity (Wildman–Crippen MR) is 199 cm³/mol. The van der Waals surface area contributed by atoms with Crippen molar-refractivity contribution in [2.75, 3.05) is 65.0 Å². The summed E-state index contributed by atoms with van der Waals surface area (Å²) in [4.78, 5) is 35.2. The van der Waals surface area contributed by atoms with Crippen molar-refractivity contribution in [1.82, 2.24) is 35.2 Å². The van der Waals surface area contributed by atoms with E-state index in [9.17, 15) is 14.0 Å². The Morgan fingerprint density at radius 3 is 2.44 bits per heavy atom. The molecule has 2 saturated heterocycles. The van der Waals surface area contributed by atoms with Gasteiger partial charge >= 0.3 is 0 Å². The average Bonchev–Trinajstić information content (AvgIpc) is 3.58. The predicted octanol–water partition coefficient (Wildman–Crippen LogP) is 4.11. The minimum Gasteiger partial charge on any atom is -0.381 e. The minimum atomic E-state index is -0.369. The van der Waals surface area contributed by atoms with Gasteiger partial charge < -0.3 is 30.3 Å². The summed E-state index contributed by atoms with van der Waals surface area (Å²) in [6, 6.07) is 13.1. The second-order valence-electron chi connectivity index (χ2n) is 13.6.